The van der Waals surface area contributed by atoms with Crippen molar-refractivity contribution < 1.29 is 19.1 Å². The molecule has 1 aromatic carbocycles. The summed E-state index contributed by atoms with van der Waals surface area (Å²) >= 11 is 1.29. The molecule has 0 atom stereocenters. The first-order chi connectivity index (χ1) is 14.9. The largest absolute Gasteiger partial charge is 0.497 e. The number of carbonyl (C=O) groups is 3. The molecule has 4 amide bonds. The molecule has 4 rings (SSSR count). The maximum atomic E-state index is 13.0. The van der Waals surface area contributed by atoms with Crippen molar-refractivity contribution in [1.82, 2.24) is 15.2 Å². The molecule has 1 saturated carbocycles. The van der Waals surface area contributed by atoms with Crippen LogP contribution in [0.1, 0.15) is 39.0 Å². The van der Waals surface area contributed by atoms with Crippen molar-refractivity contribution in [3.05, 3.63) is 29.6 Å². The summed E-state index contributed by atoms with van der Waals surface area (Å²) in [6, 6.07) is 6.97. The minimum absolute atomic E-state index is 0.291. The van der Waals surface area contributed by atoms with Crippen LogP contribution in [0.5, 0.6) is 5.75 Å². The van der Waals surface area contributed by atoms with E-state index in [1.165, 1.54) is 11.3 Å². The molecule has 0 radical (unpaired) electrons. The average Bonchev–Trinajstić information content (AvgIpc) is 3.33. The standard InChI is InChI=1S/C22H26N4O4S/c1-3-14-8-10-22(11-9-14)19(28)26(21(29)25-22)12-18(27)24-20-23-17(13-31-20)15-4-6-16(30-2)7-5-15/h4-7,13-14H,3,8-12H2,1-2H3,(H,25,29)(H,23,24,27). The molecule has 1 saturated heterocycles. The lowest BCUT2D eigenvalue weighted by Gasteiger charge is -2.34. The van der Waals surface area contributed by atoms with Gasteiger partial charge in [0, 0.05) is 10.9 Å². The summed E-state index contributed by atoms with van der Waals surface area (Å²) in [5.74, 6) is 0.609. The number of carbonyl (C=O) groups excluding carboxylic acids is 3. The highest BCUT2D eigenvalue weighted by Gasteiger charge is 2.52. The molecule has 0 unspecified atom stereocenters. The van der Waals surface area contributed by atoms with Gasteiger partial charge < -0.3 is 15.4 Å². The van der Waals surface area contributed by atoms with Crippen LogP contribution in [0.25, 0.3) is 11.3 Å². The van der Waals surface area contributed by atoms with Crippen LogP contribution >= 0.6 is 11.3 Å². The highest BCUT2D eigenvalue weighted by atomic mass is 32.1. The summed E-state index contributed by atoms with van der Waals surface area (Å²) < 4.78 is 5.16. The summed E-state index contributed by atoms with van der Waals surface area (Å²) in [4.78, 5) is 43.4. The molecule has 1 aliphatic heterocycles. The zero-order chi connectivity index (χ0) is 22.0. The average molecular weight is 443 g/mol. The van der Waals surface area contributed by atoms with Gasteiger partial charge in [-0.25, -0.2) is 9.78 Å². The molecule has 1 aliphatic carbocycles. The van der Waals surface area contributed by atoms with Crippen LogP contribution < -0.4 is 15.4 Å². The number of ether oxygens (including phenoxy) is 1. The van der Waals surface area contributed by atoms with E-state index >= 15 is 0 Å². The Bertz CT molecular complexity index is 980. The van der Waals surface area contributed by atoms with Crippen molar-refractivity contribution in [3.8, 4) is 17.0 Å². The molecular formula is C22H26N4O4S. The summed E-state index contributed by atoms with van der Waals surface area (Å²) in [6.45, 7) is 1.83. The number of nitrogens with one attached hydrogen (secondary N) is 2. The second-order valence-electron chi connectivity index (χ2n) is 8.07. The Hall–Kier alpha value is -2.94. The second-order valence-corrected chi connectivity index (χ2v) is 8.93. The molecule has 1 aromatic heterocycles. The number of aromatic nitrogens is 1. The zero-order valence-corrected chi connectivity index (χ0v) is 18.5. The molecule has 2 fully saturated rings. The predicted molar refractivity (Wildman–Crippen MR) is 118 cm³/mol. The lowest BCUT2D eigenvalue weighted by atomic mass is 9.75. The summed E-state index contributed by atoms with van der Waals surface area (Å²) in [5, 5.41) is 7.81. The van der Waals surface area contributed by atoms with E-state index < -0.39 is 17.5 Å². The smallest absolute Gasteiger partial charge is 0.325 e. The maximum absolute atomic E-state index is 13.0. The number of benzene rings is 1. The van der Waals surface area contributed by atoms with Crippen molar-refractivity contribution in [1.29, 1.82) is 0 Å². The van der Waals surface area contributed by atoms with Crippen molar-refractivity contribution in [2.75, 3.05) is 19.0 Å². The van der Waals surface area contributed by atoms with Gasteiger partial charge in [0.05, 0.1) is 12.8 Å². The third-order valence-corrected chi connectivity index (χ3v) is 6.98. The van der Waals surface area contributed by atoms with Crippen molar-refractivity contribution in [2.45, 2.75) is 44.6 Å². The van der Waals surface area contributed by atoms with Crippen LogP contribution in [0.2, 0.25) is 0 Å². The minimum Gasteiger partial charge on any atom is -0.497 e. The van der Waals surface area contributed by atoms with E-state index in [-0.39, 0.29) is 12.5 Å². The van der Waals surface area contributed by atoms with E-state index in [2.05, 4.69) is 22.5 Å². The fraction of sp³-hybridized carbons (Fsp3) is 0.455. The van der Waals surface area contributed by atoms with Gasteiger partial charge in [-0.2, -0.15) is 0 Å². The van der Waals surface area contributed by atoms with E-state index in [0.29, 0.717) is 23.9 Å². The number of thiazole rings is 1. The molecule has 164 valence electrons. The predicted octanol–water partition coefficient (Wildman–Crippen LogP) is 3.65. The van der Waals surface area contributed by atoms with E-state index in [1.54, 1.807) is 7.11 Å². The number of rotatable bonds is 6. The number of hydrogen-bond donors (Lipinski definition) is 2. The Labute approximate surface area is 185 Å². The zero-order valence-electron chi connectivity index (χ0n) is 17.6. The normalized spacial score (nSPS) is 23.2. The van der Waals surface area contributed by atoms with Gasteiger partial charge in [0.2, 0.25) is 5.91 Å². The van der Waals surface area contributed by atoms with Crippen LogP contribution in [-0.4, -0.2) is 46.9 Å². The third kappa shape index (κ3) is 4.27. The SMILES string of the molecule is CCC1CCC2(CC1)NC(=O)N(CC(=O)Nc1nc(-c3ccc(OC)cc3)cs1)C2=O. The Kier molecular flexibility index (Phi) is 5.95. The molecule has 31 heavy (non-hydrogen) atoms. The molecule has 1 spiro atoms. The number of imide groups is 1. The number of anilines is 1. The number of nitrogens with zero attached hydrogens (tertiary/aromatic N) is 2. The molecule has 2 aromatic rings. The molecule has 2 heterocycles. The van der Waals surface area contributed by atoms with Gasteiger partial charge in [0.15, 0.2) is 5.13 Å². The van der Waals surface area contributed by atoms with Gasteiger partial charge in [0.1, 0.15) is 17.8 Å². The topological polar surface area (TPSA) is 101 Å². The first kappa shape index (κ1) is 21.3. The number of amides is 4. The molecular weight excluding hydrogens is 416 g/mol. The summed E-state index contributed by atoms with van der Waals surface area (Å²) in [5.41, 5.74) is 0.784. The molecule has 9 heteroatoms. The summed E-state index contributed by atoms with van der Waals surface area (Å²) in [7, 11) is 1.61. The second kappa shape index (κ2) is 8.66. The highest BCUT2D eigenvalue weighted by molar-refractivity contribution is 7.14. The van der Waals surface area contributed by atoms with Gasteiger partial charge in [-0.1, -0.05) is 13.3 Å². The Morgan fingerprint density at radius 3 is 2.65 bits per heavy atom. The third-order valence-electron chi connectivity index (χ3n) is 6.22. The lowest BCUT2D eigenvalue weighted by Crippen LogP contribution is -2.49. The van der Waals surface area contributed by atoms with E-state index in [4.69, 9.17) is 4.74 Å². The Morgan fingerprint density at radius 1 is 1.29 bits per heavy atom. The van der Waals surface area contributed by atoms with Crippen molar-refractivity contribution >= 4 is 34.3 Å². The van der Waals surface area contributed by atoms with Gasteiger partial charge in [-0.15, -0.1) is 11.3 Å². The fourth-order valence-electron chi connectivity index (χ4n) is 4.27. The number of urea groups is 1. The van der Waals surface area contributed by atoms with Crippen LogP contribution in [0.3, 0.4) is 0 Å². The highest BCUT2D eigenvalue weighted by Crippen LogP contribution is 2.37. The lowest BCUT2D eigenvalue weighted by molar-refractivity contribution is -0.135. The van der Waals surface area contributed by atoms with Crippen LogP contribution in [0, 0.1) is 5.92 Å². The first-order valence-corrected chi connectivity index (χ1v) is 11.4. The van der Waals surface area contributed by atoms with Crippen molar-refractivity contribution in [3.63, 3.8) is 0 Å². The van der Waals surface area contributed by atoms with Crippen LogP contribution in [0.4, 0.5) is 9.93 Å². The molecule has 2 aliphatic rings. The van der Waals surface area contributed by atoms with Crippen LogP contribution in [0.15, 0.2) is 29.6 Å². The minimum atomic E-state index is -0.842. The molecule has 8 nitrogen and oxygen atoms in total. The van der Waals surface area contributed by atoms with Gasteiger partial charge in [0.25, 0.3) is 5.91 Å². The van der Waals surface area contributed by atoms with E-state index in [1.807, 2.05) is 29.6 Å². The monoisotopic (exact) mass is 442 g/mol. The van der Waals surface area contributed by atoms with E-state index in [9.17, 15) is 14.4 Å². The Morgan fingerprint density at radius 2 is 2.00 bits per heavy atom. The first-order valence-electron chi connectivity index (χ1n) is 10.5. The fourth-order valence-corrected chi connectivity index (χ4v) is 5.00. The van der Waals surface area contributed by atoms with E-state index in [0.717, 1.165) is 41.2 Å². The van der Waals surface area contributed by atoms with Crippen molar-refractivity contribution in [2.24, 2.45) is 5.92 Å². The Balaban J connectivity index is 1.37. The molecule has 2 N–H and O–H groups in total. The number of methoxy groups -OCH3 is 1. The maximum Gasteiger partial charge on any atom is 0.325 e. The summed E-state index contributed by atoms with van der Waals surface area (Å²) in [6.07, 6.45) is 4.17. The molecule has 0 bridgehead atoms. The van der Waals surface area contributed by atoms with Gasteiger partial charge >= 0.3 is 6.03 Å². The quantitative estimate of drug-likeness (QED) is 0.665. The number of hydrogen-bond acceptors (Lipinski definition) is 6. The van der Waals surface area contributed by atoms with Gasteiger partial charge in [-0.05, 0) is 55.9 Å². The van der Waals surface area contributed by atoms with Crippen LogP contribution in [-0.2, 0) is 9.59 Å². The van der Waals surface area contributed by atoms with Gasteiger partial charge in [-0.3, -0.25) is 14.5 Å².